The molecule has 21 heavy (non-hydrogen) atoms. The lowest BCUT2D eigenvalue weighted by atomic mass is 9.83. The molecule has 0 amide bonds. The topological polar surface area (TPSA) is 60.4 Å². The molecule has 0 spiro atoms. The predicted octanol–water partition coefficient (Wildman–Crippen LogP) is 2.87. The Labute approximate surface area is 126 Å². The van der Waals surface area contributed by atoms with Crippen LogP contribution in [0.3, 0.4) is 0 Å². The summed E-state index contributed by atoms with van der Waals surface area (Å²) >= 11 is 0. The fourth-order valence-corrected chi connectivity index (χ4v) is 4.12. The Kier molecular flexibility index (Phi) is 5.04. The summed E-state index contributed by atoms with van der Waals surface area (Å²) in [5, 5.41) is -0.389. The molecule has 0 aliphatic heterocycles. The molecule has 116 valence electrons. The number of benzene rings is 1. The number of sulfone groups is 1. The van der Waals surface area contributed by atoms with E-state index in [1.165, 1.54) is 6.26 Å². The van der Waals surface area contributed by atoms with Crippen molar-refractivity contribution in [3.05, 3.63) is 29.8 Å². The minimum absolute atomic E-state index is 0.00685. The third kappa shape index (κ3) is 3.84. The third-order valence-electron chi connectivity index (χ3n) is 4.05. The zero-order valence-corrected chi connectivity index (χ0v) is 13.4. The highest BCUT2D eigenvalue weighted by atomic mass is 32.2. The molecule has 1 aliphatic carbocycles. The molecule has 0 radical (unpaired) electrons. The average Bonchev–Trinajstić information content (AvgIpc) is 2.47. The third-order valence-corrected chi connectivity index (χ3v) is 5.69. The summed E-state index contributed by atoms with van der Waals surface area (Å²) in [7, 11) is -3.08. The molecule has 1 saturated carbocycles. The second-order valence-electron chi connectivity index (χ2n) is 5.61. The van der Waals surface area contributed by atoms with E-state index in [9.17, 15) is 13.2 Å². The Morgan fingerprint density at radius 3 is 2.67 bits per heavy atom. The number of hydrogen-bond acceptors (Lipinski definition) is 4. The van der Waals surface area contributed by atoms with Crippen LogP contribution in [-0.2, 0) is 9.84 Å². The minimum atomic E-state index is -3.08. The molecule has 2 atom stereocenters. The van der Waals surface area contributed by atoms with Gasteiger partial charge in [-0.2, -0.15) is 0 Å². The SMILES string of the molecule is CCOc1ccccc1C(=O)C1CCCC(S(C)(=O)=O)C1. The first-order valence-electron chi connectivity index (χ1n) is 7.38. The number of carbonyl (C=O) groups excluding carboxylic acids is 1. The van der Waals surface area contributed by atoms with Crippen LogP contribution in [0, 0.1) is 5.92 Å². The first-order chi connectivity index (χ1) is 9.93. The standard InChI is InChI=1S/C16H22O4S/c1-3-20-15-10-5-4-9-14(15)16(17)12-7-6-8-13(11-12)21(2,18)19/h4-5,9-10,12-13H,3,6-8,11H2,1-2H3. The van der Waals surface area contributed by atoms with Gasteiger partial charge in [0.05, 0.1) is 17.4 Å². The van der Waals surface area contributed by atoms with Crippen LogP contribution in [0.4, 0.5) is 0 Å². The van der Waals surface area contributed by atoms with Crippen LogP contribution >= 0.6 is 0 Å². The van der Waals surface area contributed by atoms with Gasteiger partial charge in [0, 0.05) is 12.2 Å². The van der Waals surface area contributed by atoms with Crippen LogP contribution in [-0.4, -0.2) is 32.3 Å². The predicted molar refractivity (Wildman–Crippen MR) is 82.5 cm³/mol. The van der Waals surface area contributed by atoms with Gasteiger partial charge in [0.25, 0.3) is 0 Å². The van der Waals surface area contributed by atoms with Crippen LogP contribution in [0.5, 0.6) is 5.75 Å². The monoisotopic (exact) mass is 310 g/mol. The fraction of sp³-hybridized carbons (Fsp3) is 0.562. The lowest BCUT2D eigenvalue weighted by Gasteiger charge is -2.27. The summed E-state index contributed by atoms with van der Waals surface area (Å²) in [4.78, 5) is 12.7. The molecule has 2 unspecified atom stereocenters. The summed E-state index contributed by atoms with van der Waals surface area (Å²) < 4.78 is 29.0. The molecule has 4 nitrogen and oxygen atoms in total. The quantitative estimate of drug-likeness (QED) is 0.785. The maximum Gasteiger partial charge on any atom is 0.169 e. The Hall–Kier alpha value is -1.36. The van der Waals surface area contributed by atoms with Crippen molar-refractivity contribution in [2.24, 2.45) is 5.92 Å². The smallest absolute Gasteiger partial charge is 0.169 e. The van der Waals surface area contributed by atoms with E-state index in [0.717, 1.165) is 12.8 Å². The van der Waals surface area contributed by atoms with E-state index in [1.807, 2.05) is 19.1 Å². The molecule has 5 heteroatoms. The average molecular weight is 310 g/mol. The maximum atomic E-state index is 12.7. The zero-order valence-electron chi connectivity index (χ0n) is 12.5. The number of ketones is 1. The van der Waals surface area contributed by atoms with Gasteiger partial charge >= 0.3 is 0 Å². The van der Waals surface area contributed by atoms with Gasteiger partial charge in [-0.3, -0.25) is 4.79 Å². The second-order valence-corrected chi connectivity index (χ2v) is 7.93. The summed E-state index contributed by atoms with van der Waals surface area (Å²) in [6.45, 7) is 2.38. The Morgan fingerprint density at radius 2 is 2.00 bits per heavy atom. The molecular formula is C16H22O4S. The number of para-hydroxylation sites is 1. The lowest BCUT2D eigenvalue weighted by molar-refractivity contribution is 0.0887. The summed E-state index contributed by atoms with van der Waals surface area (Å²) in [5.41, 5.74) is 0.568. The minimum Gasteiger partial charge on any atom is -0.493 e. The van der Waals surface area contributed by atoms with Crippen molar-refractivity contribution < 1.29 is 17.9 Å². The second kappa shape index (κ2) is 6.60. The fourth-order valence-electron chi connectivity index (χ4n) is 2.94. The number of carbonyl (C=O) groups is 1. The molecule has 0 N–H and O–H groups in total. The van der Waals surface area contributed by atoms with E-state index in [2.05, 4.69) is 0 Å². The van der Waals surface area contributed by atoms with Gasteiger partial charge in [0.15, 0.2) is 5.78 Å². The number of Topliss-reactive ketones (excluding diaryl/α,β-unsaturated/α-hetero) is 1. The van der Waals surface area contributed by atoms with Crippen molar-refractivity contribution in [3.63, 3.8) is 0 Å². The van der Waals surface area contributed by atoms with Crippen molar-refractivity contribution in [2.75, 3.05) is 12.9 Å². The van der Waals surface area contributed by atoms with Crippen molar-refractivity contribution >= 4 is 15.6 Å². The molecule has 1 aromatic rings. The van der Waals surface area contributed by atoms with E-state index in [-0.39, 0.29) is 17.0 Å². The van der Waals surface area contributed by atoms with Crippen molar-refractivity contribution in [1.82, 2.24) is 0 Å². The molecule has 1 aliphatic rings. The van der Waals surface area contributed by atoms with Gasteiger partial charge in [-0.05, 0) is 38.3 Å². The van der Waals surface area contributed by atoms with Crippen LogP contribution in [0.25, 0.3) is 0 Å². The van der Waals surface area contributed by atoms with Gasteiger partial charge in [-0.25, -0.2) is 8.42 Å². The van der Waals surface area contributed by atoms with Crippen molar-refractivity contribution in [1.29, 1.82) is 0 Å². The highest BCUT2D eigenvalue weighted by Crippen LogP contribution is 2.32. The van der Waals surface area contributed by atoms with Crippen LogP contribution in [0.15, 0.2) is 24.3 Å². The van der Waals surface area contributed by atoms with Gasteiger partial charge in [-0.15, -0.1) is 0 Å². The lowest BCUT2D eigenvalue weighted by Crippen LogP contribution is -2.31. The van der Waals surface area contributed by atoms with E-state index in [0.29, 0.717) is 30.8 Å². The number of hydrogen-bond donors (Lipinski definition) is 0. The number of rotatable bonds is 5. The maximum absolute atomic E-state index is 12.7. The molecule has 2 rings (SSSR count). The van der Waals surface area contributed by atoms with E-state index in [4.69, 9.17) is 4.74 Å². The Balaban J connectivity index is 2.20. The molecule has 0 aromatic heterocycles. The Morgan fingerprint density at radius 1 is 1.29 bits per heavy atom. The molecule has 0 saturated heterocycles. The van der Waals surface area contributed by atoms with Crippen molar-refractivity contribution in [3.8, 4) is 5.75 Å². The first-order valence-corrected chi connectivity index (χ1v) is 9.33. The molecule has 0 bridgehead atoms. The van der Waals surface area contributed by atoms with E-state index < -0.39 is 9.84 Å². The van der Waals surface area contributed by atoms with Crippen LogP contribution in [0.1, 0.15) is 43.0 Å². The summed E-state index contributed by atoms with van der Waals surface area (Å²) in [6.07, 6.45) is 3.89. The van der Waals surface area contributed by atoms with Crippen LogP contribution in [0.2, 0.25) is 0 Å². The van der Waals surface area contributed by atoms with Gasteiger partial charge in [0.2, 0.25) is 0 Å². The van der Waals surface area contributed by atoms with E-state index in [1.54, 1.807) is 12.1 Å². The van der Waals surface area contributed by atoms with Crippen molar-refractivity contribution in [2.45, 2.75) is 37.9 Å². The normalized spacial score (nSPS) is 22.8. The summed E-state index contributed by atoms with van der Waals surface area (Å²) in [5.74, 6) is 0.374. The highest BCUT2D eigenvalue weighted by molar-refractivity contribution is 7.91. The largest absolute Gasteiger partial charge is 0.493 e. The zero-order chi connectivity index (χ0) is 15.5. The first kappa shape index (κ1) is 16.0. The Bertz CT molecular complexity index is 606. The van der Waals surface area contributed by atoms with E-state index >= 15 is 0 Å². The van der Waals surface area contributed by atoms with Gasteiger partial charge in [-0.1, -0.05) is 18.6 Å². The molecule has 1 aromatic carbocycles. The molecule has 1 fully saturated rings. The number of ether oxygens (including phenoxy) is 1. The molecule has 0 heterocycles. The highest BCUT2D eigenvalue weighted by Gasteiger charge is 2.33. The summed E-state index contributed by atoms with van der Waals surface area (Å²) in [6, 6.07) is 7.19. The van der Waals surface area contributed by atoms with Crippen LogP contribution < -0.4 is 4.74 Å². The van der Waals surface area contributed by atoms with Gasteiger partial charge < -0.3 is 4.74 Å². The van der Waals surface area contributed by atoms with Gasteiger partial charge in [0.1, 0.15) is 15.6 Å². The molecular weight excluding hydrogens is 288 g/mol.